The Morgan fingerprint density at radius 1 is 1.20 bits per heavy atom. The minimum absolute atomic E-state index is 0.210. The van der Waals surface area contributed by atoms with Gasteiger partial charge in [0.25, 0.3) is 0 Å². The summed E-state index contributed by atoms with van der Waals surface area (Å²) in [5, 5.41) is 15.8. The summed E-state index contributed by atoms with van der Waals surface area (Å²) in [6.07, 6.45) is -0.687. The van der Waals surface area contributed by atoms with E-state index in [-0.39, 0.29) is 12.6 Å². The van der Waals surface area contributed by atoms with Crippen LogP contribution in [0.2, 0.25) is 0 Å². The molecule has 1 aliphatic heterocycles. The lowest BCUT2D eigenvalue weighted by Crippen LogP contribution is -2.47. The predicted molar refractivity (Wildman–Crippen MR) is 101 cm³/mol. The third-order valence-electron chi connectivity index (χ3n) is 4.66. The van der Waals surface area contributed by atoms with Gasteiger partial charge in [-0.25, -0.2) is 4.79 Å². The standard InChI is InChI=1S/C19H32N4O2/c1-15-5-4-6-17(11-15)18(24)13-21-19(25)20-12-16(2)14-23-9-7-22(3)8-10-23/h4-6,11,16,18,24H,7-10,12-14H2,1-3H3,(H2,20,21,25). The Hall–Kier alpha value is -1.63. The quantitative estimate of drug-likeness (QED) is 0.693. The molecule has 0 aromatic heterocycles. The van der Waals surface area contributed by atoms with Gasteiger partial charge < -0.3 is 25.5 Å². The normalized spacial score (nSPS) is 18.6. The van der Waals surface area contributed by atoms with E-state index in [1.165, 1.54) is 0 Å². The van der Waals surface area contributed by atoms with Gasteiger partial charge in [-0.1, -0.05) is 36.8 Å². The van der Waals surface area contributed by atoms with Crippen LogP contribution in [0.5, 0.6) is 0 Å². The minimum Gasteiger partial charge on any atom is -0.387 e. The molecule has 3 N–H and O–H groups in total. The first-order valence-corrected chi connectivity index (χ1v) is 9.11. The molecule has 0 radical (unpaired) electrons. The van der Waals surface area contributed by atoms with Crippen LogP contribution in [0.3, 0.4) is 0 Å². The number of aliphatic hydroxyl groups is 1. The predicted octanol–water partition coefficient (Wildman–Crippen LogP) is 1.21. The van der Waals surface area contributed by atoms with E-state index in [4.69, 9.17) is 0 Å². The fourth-order valence-corrected chi connectivity index (χ4v) is 3.05. The van der Waals surface area contributed by atoms with Gasteiger partial charge in [0.05, 0.1) is 6.10 Å². The van der Waals surface area contributed by atoms with E-state index in [2.05, 4.69) is 34.4 Å². The number of aliphatic hydroxyl groups excluding tert-OH is 1. The van der Waals surface area contributed by atoms with Crippen LogP contribution in [0.25, 0.3) is 0 Å². The summed E-state index contributed by atoms with van der Waals surface area (Å²) < 4.78 is 0. The Kier molecular flexibility index (Phi) is 7.68. The molecule has 0 bridgehead atoms. The van der Waals surface area contributed by atoms with Crippen molar-refractivity contribution in [3.63, 3.8) is 0 Å². The maximum Gasteiger partial charge on any atom is 0.314 e. The monoisotopic (exact) mass is 348 g/mol. The third kappa shape index (κ3) is 7.02. The topological polar surface area (TPSA) is 67.8 Å². The molecule has 1 heterocycles. The number of urea groups is 1. The van der Waals surface area contributed by atoms with E-state index in [0.29, 0.717) is 12.5 Å². The SMILES string of the molecule is Cc1cccc(C(O)CNC(=O)NCC(C)CN2CCN(C)CC2)c1. The molecule has 1 saturated heterocycles. The van der Waals surface area contributed by atoms with Crippen LogP contribution in [0.15, 0.2) is 24.3 Å². The number of nitrogens with zero attached hydrogens (tertiary/aromatic N) is 2. The smallest absolute Gasteiger partial charge is 0.314 e. The minimum atomic E-state index is -0.687. The first kappa shape index (κ1) is 19.7. The fraction of sp³-hybridized carbons (Fsp3) is 0.632. The first-order chi connectivity index (χ1) is 11.9. The number of carbonyl (C=O) groups is 1. The highest BCUT2D eigenvalue weighted by Crippen LogP contribution is 2.13. The zero-order valence-corrected chi connectivity index (χ0v) is 15.7. The number of piperazine rings is 1. The zero-order valence-electron chi connectivity index (χ0n) is 15.7. The Morgan fingerprint density at radius 3 is 2.56 bits per heavy atom. The largest absolute Gasteiger partial charge is 0.387 e. The summed E-state index contributed by atoms with van der Waals surface area (Å²) in [6.45, 7) is 10.4. The van der Waals surface area contributed by atoms with Crippen molar-refractivity contribution in [2.45, 2.75) is 20.0 Å². The molecule has 1 fully saturated rings. The van der Waals surface area contributed by atoms with E-state index in [1.54, 1.807) is 0 Å². The van der Waals surface area contributed by atoms with Gasteiger partial charge in [0.1, 0.15) is 0 Å². The first-order valence-electron chi connectivity index (χ1n) is 9.11. The van der Waals surface area contributed by atoms with Crippen LogP contribution in [0, 0.1) is 12.8 Å². The highest BCUT2D eigenvalue weighted by Gasteiger charge is 2.16. The highest BCUT2D eigenvalue weighted by molar-refractivity contribution is 5.73. The molecule has 6 heteroatoms. The molecule has 6 nitrogen and oxygen atoms in total. The number of carbonyl (C=O) groups excluding carboxylic acids is 1. The molecular weight excluding hydrogens is 316 g/mol. The van der Waals surface area contributed by atoms with Gasteiger partial charge in [-0.2, -0.15) is 0 Å². The van der Waals surface area contributed by atoms with Crippen LogP contribution < -0.4 is 10.6 Å². The summed E-state index contributed by atoms with van der Waals surface area (Å²) in [5.74, 6) is 0.399. The van der Waals surface area contributed by atoms with E-state index < -0.39 is 6.10 Å². The molecular formula is C19H32N4O2. The number of hydrogen-bond donors (Lipinski definition) is 3. The van der Waals surface area contributed by atoms with E-state index in [0.717, 1.165) is 43.9 Å². The number of amides is 2. The van der Waals surface area contributed by atoms with Crippen molar-refractivity contribution in [1.29, 1.82) is 0 Å². The lowest BCUT2D eigenvalue weighted by atomic mass is 10.1. The molecule has 1 aromatic carbocycles. The van der Waals surface area contributed by atoms with Gasteiger partial charge in [0, 0.05) is 45.8 Å². The molecule has 0 spiro atoms. The number of rotatable bonds is 7. The maximum absolute atomic E-state index is 11.9. The third-order valence-corrected chi connectivity index (χ3v) is 4.66. The molecule has 2 unspecified atom stereocenters. The van der Waals surface area contributed by atoms with Gasteiger partial charge in [-0.05, 0) is 25.5 Å². The van der Waals surface area contributed by atoms with Crippen LogP contribution >= 0.6 is 0 Å². The number of hydrogen-bond acceptors (Lipinski definition) is 4. The van der Waals surface area contributed by atoms with Gasteiger partial charge in [0.2, 0.25) is 0 Å². The number of nitrogens with one attached hydrogen (secondary N) is 2. The van der Waals surface area contributed by atoms with Crippen LogP contribution in [0.1, 0.15) is 24.2 Å². The molecule has 1 aliphatic rings. The second kappa shape index (κ2) is 9.75. The Balaban J connectivity index is 1.63. The summed E-state index contributed by atoms with van der Waals surface area (Å²) in [5.41, 5.74) is 1.92. The summed E-state index contributed by atoms with van der Waals surface area (Å²) >= 11 is 0. The lowest BCUT2D eigenvalue weighted by Gasteiger charge is -2.33. The number of aryl methyl sites for hydroxylation is 1. The summed E-state index contributed by atoms with van der Waals surface area (Å²) in [7, 11) is 2.15. The van der Waals surface area contributed by atoms with E-state index in [1.807, 2.05) is 31.2 Å². The molecule has 1 aromatic rings. The van der Waals surface area contributed by atoms with Crippen molar-refractivity contribution in [2.75, 3.05) is 52.9 Å². The molecule has 2 amide bonds. The molecule has 2 rings (SSSR count). The highest BCUT2D eigenvalue weighted by atomic mass is 16.3. The van der Waals surface area contributed by atoms with Crippen molar-refractivity contribution >= 4 is 6.03 Å². The van der Waals surface area contributed by atoms with Crippen molar-refractivity contribution in [3.8, 4) is 0 Å². The van der Waals surface area contributed by atoms with Crippen LogP contribution in [-0.4, -0.2) is 73.8 Å². The van der Waals surface area contributed by atoms with E-state index >= 15 is 0 Å². The van der Waals surface area contributed by atoms with Crippen molar-refractivity contribution in [3.05, 3.63) is 35.4 Å². The molecule has 140 valence electrons. The molecule has 2 atom stereocenters. The Labute approximate surface area is 151 Å². The van der Waals surface area contributed by atoms with Gasteiger partial charge in [0.15, 0.2) is 0 Å². The summed E-state index contributed by atoms with van der Waals surface area (Å²) in [6, 6.07) is 7.47. The average molecular weight is 348 g/mol. The Bertz CT molecular complexity index is 544. The van der Waals surface area contributed by atoms with Crippen LogP contribution in [-0.2, 0) is 0 Å². The number of likely N-dealkylation sites (N-methyl/N-ethyl adjacent to an activating group) is 1. The second-order valence-electron chi connectivity index (χ2n) is 7.23. The Morgan fingerprint density at radius 2 is 1.88 bits per heavy atom. The fourth-order valence-electron chi connectivity index (χ4n) is 3.05. The number of benzene rings is 1. The summed E-state index contributed by atoms with van der Waals surface area (Å²) in [4.78, 5) is 16.7. The average Bonchev–Trinajstić information content (AvgIpc) is 2.60. The maximum atomic E-state index is 11.9. The van der Waals surface area contributed by atoms with Crippen LogP contribution in [0.4, 0.5) is 4.79 Å². The molecule has 0 saturated carbocycles. The van der Waals surface area contributed by atoms with E-state index in [9.17, 15) is 9.90 Å². The molecule has 25 heavy (non-hydrogen) atoms. The van der Waals surface area contributed by atoms with Gasteiger partial charge in [-0.15, -0.1) is 0 Å². The van der Waals surface area contributed by atoms with Gasteiger partial charge in [-0.3, -0.25) is 0 Å². The van der Waals surface area contributed by atoms with Crippen molar-refractivity contribution in [2.24, 2.45) is 5.92 Å². The van der Waals surface area contributed by atoms with Crippen molar-refractivity contribution in [1.82, 2.24) is 20.4 Å². The zero-order chi connectivity index (χ0) is 18.2. The lowest BCUT2D eigenvalue weighted by molar-refractivity contribution is 0.138. The van der Waals surface area contributed by atoms with Gasteiger partial charge >= 0.3 is 6.03 Å². The van der Waals surface area contributed by atoms with Crippen molar-refractivity contribution < 1.29 is 9.90 Å². The second-order valence-corrected chi connectivity index (χ2v) is 7.23. The molecule has 0 aliphatic carbocycles.